The molecule has 2 heteroatoms. The van der Waals surface area contributed by atoms with E-state index in [1.54, 1.807) is 0 Å². The first-order valence-corrected chi connectivity index (χ1v) is 6.05. The zero-order chi connectivity index (χ0) is 10.6. The molecule has 1 rings (SSSR count). The van der Waals surface area contributed by atoms with Gasteiger partial charge in [-0.3, -0.25) is 0 Å². The molecule has 3 atom stereocenters. The average Bonchev–Trinajstić information content (AvgIpc) is 2.99. The Morgan fingerprint density at radius 1 is 1.14 bits per heavy atom. The van der Waals surface area contributed by atoms with Gasteiger partial charge in [-0.2, -0.15) is 0 Å². The number of aliphatic hydroxyl groups excluding tert-OH is 2. The van der Waals surface area contributed by atoms with Gasteiger partial charge in [0.25, 0.3) is 0 Å². The first-order chi connectivity index (χ1) is 6.69. The Morgan fingerprint density at radius 3 is 2.21 bits per heavy atom. The quantitative estimate of drug-likeness (QED) is 0.662. The van der Waals surface area contributed by atoms with Crippen LogP contribution < -0.4 is 0 Å². The molecule has 0 heterocycles. The largest absolute Gasteiger partial charge is 0.390 e. The summed E-state index contributed by atoms with van der Waals surface area (Å²) in [5.74, 6) is 1.49. The third kappa shape index (κ3) is 3.58. The summed E-state index contributed by atoms with van der Waals surface area (Å²) in [5, 5.41) is 19.2. The summed E-state index contributed by atoms with van der Waals surface area (Å²) in [6.07, 6.45) is 5.50. The van der Waals surface area contributed by atoms with Crippen molar-refractivity contribution < 1.29 is 10.2 Å². The Morgan fingerprint density at radius 2 is 1.79 bits per heavy atom. The molecule has 0 radical (unpaired) electrons. The van der Waals surface area contributed by atoms with E-state index in [9.17, 15) is 10.2 Å². The molecule has 3 unspecified atom stereocenters. The normalized spacial score (nSPS) is 23.1. The van der Waals surface area contributed by atoms with E-state index in [4.69, 9.17) is 0 Å². The number of rotatable bonds is 7. The standard InChI is InChI=1S/C12H24O2/c1-3-5-10(9-6-7-9)8-12(14)11(13)4-2/h9-14H,3-8H2,1-2H3. The molecule has 0 bridgehead atoms. The van der Waals surface area contributed by atoms with Crippen molar-refractivity contribution in [3.05, 3.63) is 0 Å². The van der Waals surface area contributed by atoms with E-state index in [0.717, 1.165) is 12.3 Å². The van der Waals surface area contributed by atoms with Gasteiger partial charge in [-0.15, -0.1) is 0 Å². The van der Waals surface area contributed by atoms with E-state index in [1.165, 1.54) is 25.7 Å². The van der Waals surface area contributed by atoms with Crippen LogP contribution >= 0.6 is 0 Å². The zero-order valence-corrected chi connectivity index (χ0v) is 9.45. The van der Waals surface area contributed by atoms with Gasteiger partial charge in [0, 0.05) is 0 Å². The van der Waals surface area contributed by atoms with Gasteiger partial charge in [-0.25, -0.2) is 0 Å². The summed E-state index contributed by atoms with van der Waals surface area (Å²) in [6, 6.07) is 0. The fraction of sp³-hybridized carbons (Fsp3) is 1.00. The molecule has 0 aromatic carbocycles. The monoisotopic (exact) mass is 200 g/mol. The van der Waals surface area contributed by atoms with Crippen LogP contribution in [0.3, 0.4) is 0 Å². The minimum absolute atomic E-state index is 0.503. The SMILES string of the molecule is CCCC(CC(O)C(O)CC)C1CC1. The van der Waals surface area contributed by atoms with Crippen molar-refractivity contribution in [1.29, 1.82) is 0 Å². The van der Waals surface area contributed by atoms with Crippen LogP contribution in [-0.4, -0.2) is 22.4 Å². The van der Waals surface area contributed by atoms with Crippen LogP contribution in [-0.2, 0) is 0 Å². The lowest BCUT2D eigenvalue weighted by Gasteiger charge is -2.22. The highest BCUT2D eigenvalue weighted by Gasteiger charge is 2.32. The summed E-state index contributed by atoms with van der Waals surface area (Å²) in [4.78, 5) is 0. The Bertz CT molecular complexity index is 154. The Hall–Kier alpha value is -0.0800. The molecule has 0 aromatic heterocycles. The molecule has 0 spiro atoms. The summed E-state index contributed by atoms with van der Waals surface area (Å²) < 4.78 is 0. The van der Waals surface area contributed by atoms with Crippen LogP contribution in [0.2, 0.25) is 0 Å². The van der Waals surface area contributed by atoms with Crippen molar-refractivity contribution in [2.24, 2.45) is 11.8 Å². The molecular weight excluding hydrogens is 176 g/mol. The summed E-state index contributed by atoms with van der Waals surface area (Å²) >= 11 is 0. The molecule has 1 fully saturated rings. The summed E-state index contributed by atoms with van der Waals surface area (Å²) in [7, 11) is 0. The van der Waals surface area contributed by atoms with Crippen LogP contribution in [0.5, 0.6) is 0 Å². The maximum atomic E-state index is 9.74. The molecule has 0 amide bonds. The Balaban J connectivity index is 2.30. The van der Waals surface area contributed by atoms with Crippen LogP contribution in [0.25, 0.3) is 0 Å². The van der Waals surface area contributed by atoms with E-state index in [0.29, 0.717) is 12.3 Å². The van der Waals surface area contributed by atoms with Gasteiger partial charge in [0.15, 0.2) is 0 Å². The minimum Gasteiger partial charge on any atom is -0.390 e. The molecule has 1 aliphatic carbocycles. The van der Waals surface area contributed by atoms with E-state index in [-0.39, 0.29) is 0 Å². The highest BCUT2D eigenvalue weighted by atomic mass is 16.3. The van der Waals surface area contributed by atoms with Gasteiger partial charge in [0.05, 0.1) is 12.2 Å². The topological polar surface area (TPSA) is 40.5 Å². The van der Waals surface area contributed by atoms with E-state index in [1.807, 2.05) is 6.92 Å². The molecule has 1 aliphatic rings. The molecule has 2 N–H and O–H groups in total. The van der Waals surface area contributed by atoms with Crippen molar-refractivity contribution in [2.75, 3.05) is 0 Å². The van der Waals surface area contributed by atoms with Gasteiger partial charge in [0.2, 0.25) is 0 Å². The first kappa shape index (κ1) is 12.0. The van der Waals surface area contributed by atoms with Crippen molar-refractivity contribution in [3.63, 3.8) is 0 Å². The minimum atomic E-state index is -0.520. The molecule has 84 valence electrons. The zero-order valence-electron chi connectivity index (χ0n) is 9.45. The van der Waals surface area contributed by atoms with Gasteiger partial charge in [0.1, 0.15) is 0 Å². The highest BCUT2D eigenvalue weighted by molar-refractivity contribution is 4.83. The lowest BCUT2D eigenvalue weighted by atomic mass is 9.90. The van der Waals surface area contributed by atoms with Crippen LogP contribution in [0.15, 0.2) is 0 Å². The van der Waals surface area contributed by atoms with Crippen molar-refractivity contribution in [3.8, 4) is 0 Å². The fourth-order valence-electron chi connectivity index (χ4n) is 2.22. The van der Waals surface area contributed by atoms with Crippen molar-refractivity contribution in [1.82, 2.24) is 0 Å². The molecule has 0 aromatic rings. The molecular formula is C12H24O2. The maximum Gasteiger partial charge on any atom is 0.0801 e. The molecule has 0 saturated heterocycles. The summed E-state index contributed by atoms with van der Waals surface area (Å²) in [6.45, 7) is 4.11. The predicted molar refractivity (Wildman–Crippen MR) is 58.0 cm³/mol. The molecule has 2 nitrogen and oxygen atoms in total. The van der Waals surface area contributed by atoms with Gasteiger partial charge in [-0.1, -0.05) is 26.7 Å². The lowest BCUT2D eigenvalue weighted by molar-refractivity contribution is 0.000464. The summed E-state index contributed by atoms with van der Waals surface area (Å²) in [5.41, 5.74) is 0. The number of hydrogen-bond donors (Lipinski definition) is 2. The van der Waals surface area contributed by atoms with Crippen LogP contribution in [0, 0.1) is 11.8 Å². The third-order valence-electron chi connectivity index (χ3n) is 3.35. The Labute approximate surface area is 87.3 Å². The van der Waals surface area contributed by atoms with Gasteiger partial charge < -0.3 is 10.2 Å². The molecule has 0 aliphatic heterocycles. The molecule has 1 saturated carbocycles. The van der Waals surface area contributed by atoms with E-state index < -0.39 is 12.2 Å². The second kappa shape index (κ2) is 5.72. The second-order valence-corrected chi connectivity index (χ2v) is 4.66. The van der Waals surface area contributed by atoms with Gasteiger partial charge >= 0.3 is 0 Å². The van der Waals surface area contributed by atoms with Crippen molar-refractivity contribution in [2.45, 2.75) is 64.6 Å². The first-order valence-electron chi connectivity index (χ1n) is 6.05. The Kier molecular flexibility index (Phi) is 4.90. The fourth-order valence-corrected chi connectivity index (χ4v) is 2.22. The third-order valence-corrected chi connectivity index (χ3v) is 3.35. The predicted octanol–water partition coefficient (Wildman–Crippen LogP) is 2.33. The maximum absolute atomic E-state index is 9.74. The van der Waals surface area contributed by atoms with Gasteiger partial charge in [-0.05, 0) is 37.5 Å². The van der Waals surface area contributed by atoms with Crippen LogP contribution in [0.1, 0.15) is 52.4 Å². The van der Waals surface area contributed by atoms with Crippen molar-refractivity contribution >= 4 is 0 Å². The lowest BCUT2D eigenvalue weighted by Crippen LogP contribution is -2.28. The highest BCUT2D eigenvalue weighted by Crippen LogP contribution is 2.41. The smallest absolute Gasteiger partial charge is 0.0801 e. The number of hydrogen-bond acceptors (Lipinski definition) is 2. The van der Waals surface area contributed by atoms with Crippen LogP contribution in [0.4, 0.5) is 0 Å². The number of aliphatic hydroxyl groups is 2. The second-order valence-electron chi connectivity index (χ2n) is 4.66. The van der Waals surface area contributed by atoms with E-state index >= 15 is 0 Å². The van der Waals surface area contributed by atoms with E-state index in [2.05, 4.69) is 6.92 Å². The average molecular weight is 200 g/mol. The molecule has 14 heavy (non-hydrogen) atoms.